The minimum absolute atomic E-state index is 0.159. The molecule has 124 valence electrons. The Morgan fingerprint density at radius 3 is 2.09 bits per heavy atom. The molecule has 0 aliphatic carbocycles. The number of hydrogen-bond acceptors (Lipinski definition) is 4. The van der Waals surface area contributed by atoms with Gasteiger partial charge in [-0.05, 0) is 44.2 Å². The van der Waals surface area contributed by atoms with Crippen molar-refractivity contribution in [3.05, 3.63) is 28.8 Å². The minimum Gasteiger partial charge on any atom is -0.468 e. The smallest absolute Gasteiger partial charge is 0.323 e. The van der Waals surface area contributed by atoms with Gasteiger partial charge in [0.25, 0.3) is 0 Å². The van der Waals surface area contributed by atoms with Crippen molar-refractivity contribution in [3.63, 3.8) is 0 Å². The maximum Gasteiger partial charge on any atom is 0.323 e. The Bertz CT molecular complexity index is 627. The van der Waals surface area contributed by atoms with E-state index in [1.54, 1.807) is 13.8 Å². The monoisotopic (exact) mass is 327 g/mol. The van der Waals surface area contributed by atoms with Crippen molar-refractivity contribution in [2.45, 2.75) is 52.0 Å². The van der Waals surface area contributed by atoms with Gasteiger partial charge in [0.2, 0.25) is 10.0 Å². The highest BCUT2D eigenvalue weighted by Crippen LogP contribution is 2.22. The molecule has 1 N–H and O–H groups in total. The highest BCUT2D eigenvalue weighted by molar-refractivity contribution is 7.89. The van der Waals surface area contributed by atoms with E-state index in [0.29, 0.717) is 17.5 Å². The predicted octanol–water partition coefficient (Wildman–Crippen LogP) is 2.48. The molecular formula is C16H25NO4S. The topological polar surface area (TPSA) is 72.5 Å². The standard InChI is InChI=1S/C16H25NO4S/c1-10(2)7-14(16(18)21-6)17-22(19,20)15-12(4)8-11(3)9-13(15)5/h8-10,14,17H,7H2,1-6H3. The van der Waals surface area contributed by atoms with Gasteiger partial charge in [-0.1, -0.05) is 31.5 Å². The number of sulfonamides is 1. The van der Waals surface area contributed by atoms with Crippen molar-refractivity contribution in [1.29, 1.82) is 0 Å². The maximum atomic E-state index is 12.7. The Morgan fingerprint density at radius 2 is 1.68 bits per heavy atom. The number of esters is 1. The molecular weight excluding hydrogens is 302 g/mol. The van der Waals surface area contributed by atoms with Gasteiger partial charge in [-0.2, -0.15) is 4.72 Å². The van der Waals surface area contributed by atoms with Gasteiger partial charge in [-0.15, -0.1) is 0 Å². The van der Waals surface area contributed by atoms with Crippen LogP contribution < -0.4 is 4.72 Å². The van der Waals surface area contributed by atoms with E-state index in [2.05, 4.69) is 4.72 Å². The van der Waals surface area contributed by atoms with Gasteiger partial charge in [0.1, 0.15) is 6.04 Å². The Balaban J connectivity index is 3.21. The average molecular weight is 327 g/mol. The molecule has 1 atom stereocenters. The van der Waals surface area contributed by atoms with Gasteiger partial charge in [0.05, 0.1) is 12.0 Å². The number of aryl methyl sites for hydroxylation is 3. The lowest BCUT2D eigenvalue weighted by Crippen LogP contribution is -2.42. The molecule has 0 saturated carbocycles. The summed E-state index contributed by atoms with van der Waals surface area (Å²) in [4.78, 5) is 12.1. The molecule has 1 unspecified atom stereocenters. The van der Waals surface area contributed by atoms with E-state index in [1.807, 2.05) is 32.9 Å². The van der Waals surface area contributed by atoms with E-state index in [4.69, 9.17) is 4.74 Å². The molecule has 0 aliphatic rings. The Labute approximate surface area is 133 Å². The number of hydrogen-bond donors (Lipinski definition) is 1. The lowest BCUT2D eigenvalue weighted by Gasteiger charge is -2.20. The molecule has 5 nitrogen and oxygen atoms in total. The summed E-state index contributed by atoms with van der Waals surface area (Å²) in [6, 6.07) is 2.75. The fraction of sp³-hybridized carbons (Fsp3) is 0.562. The second kappa shape index (κ2) is 7.24. The van der Waals surface area contributed by atoms with Crippen LogP contribution in [0.1, 0.15) is 37.0 Å². The van der Waals surface area contributed by atoms with Gasteiger partial charge in [0.15, 0.2) is 0 Å². The van der Waals surface area contributed by atoms with E-state index in [0.717, 1.165) is 5.56 Å². The van der Waals surface area contributed by atoms with E-state index in [1.165, 1.54) is 7.11 Å². The first-order chi connectivity index (χ1) is 10.1. The third-order valence-corrected chi connectivity index (χ3v) is 5.14. The molecule has 0 aromatic heterocycles. The average Bonchev–Trinajstić information content (AvgIpc) is 2.34. The molecule has 0 saturated heterocycles. The molecule has 0 aliphatic heterocycles. The lowest BCUT2D eigenvalue weighted by molar-refractivity contribution is -0.143. The highest BCUT2D eigenvalue weighted by Gasteiger charge is 2.29. The molecule has 1 aromatic carbocycles. The molecule has 0 fully saturated rings. The van der Waals surface area contributed by atoms with Crippen LogP contribution in [0.4, 0.5) is 0 Å². The third-order valence-electron chi connectivity index (χ3n) is 3.36. The van der Waals surface area contributed by atoms with E-state index >= 15 is 0 Å². The van der Waals surface area contributed by atoms with E-state index < -0.39 is 22.0 Å². The van der Waals surface area contributed by atoms with Crippen LogP contribution in [0, 0.1) is 26.7 Å². The minimum atomic E-state index is -3.79. The Kier molecular flexibility index (Phi) is 6.14. The zero-order chi connectivity index (χ0) is 17.1. The SMILES string of the molecule is COC(=O)C(CC(C)C)NS(=O)(=O)c1c(C)cc(C)cc1C. The summed E-state index contributed by atoms with van der Waals surface area (Å²) in [6.45, 7) is 9.27. The fourth-order valence-electron chi connectivity index (χ4n) is 2.64. The molecule has 0 heterocycles. The van der Waals surface area contributed by atoms with Crippen LogP contribution in [0.25, 0.3) is 0 Å². The van der Waals surface area contributed by atoms with E-state index in [-0.39, 0.29) is 10.8 Å². The third kappa shape index (κ3) is 4.55. The van der Waals surface area contributed by atoms with Gasteiger partial charge < -0.3 is 4.74 Å². The van der Waals surface area contributed by atoms with Crippen LogP contribution in [0.3, 0.4) is 0 Å². The van der Waals surface area contributed by atoms with E-state index in [9.17, 15) is 13.2 Å². The number of methoxy groups -OCH3 is 1. The lowest BCUT2D eigenvalue weighted by atomic mass is 10.1. The van der Waals surface area contributed by atoms with Gasteiger partial charge in [-0.25, -0.2) is 8.42 Å². The summed E-state index contributed by atoms with van der Waals surface area (Å²) in [7, 11) is -2.53. The normalized spacial score (nSPS) is 13.2. The summed E-state index contributed by atoms with van der Waals surface area (Å²) in [5, 5.41) is 0. The number of ether oxygens (including phenoxy) is 1. The van der Waals surface area contributed by atoms with Crippen molar-refractivity contribution < 1.29 is 17.9 Å². The van der Waals surface area contributed by atoms with Crippen LogP contribution >= 0.6 is 0 Å². The van der Waals surface area contributed by atoms with Crippen LogP contribution in [0.5, 0.6) is 0 Å². The first-order valence-corrected chi connectivity index (χ1v) is 8.74. The Hall–Kier alpha value is -1.40. The van der Waals surface area contributed by atoms with Gasteiger partial charge in [-0.3, -0.25) is 4.79 Å². The zero-order valence-corrected chi connectivity index (χ0v) is 14.9. The molecule has 22 heavy (non-hydrogen) atoms. The fourth-order valence-corrected chi connectivity index (χ4v) is 4.29. The first kappa shape index (κ1) is 18.6. The number of rotatable bonds is 6. The summed E-state index contributed by atoms with van der Waals surface area (Å²) in [5.41, 5.74) is 2.33. The largest absolute Gasteiger partial charge is 0.468 e. The second-order valence-corrected chi connectivity index (χ2v) is 7.71. The molecule has 0 amide bonds. The summed E-state index contributed by atoms with van der Waals surface area (Å²) >= 11 is 0. The molecule has 0 spiro atoms. The summed E-state index contributed by atoms with van der Waals surface area (Å²) in [5.74, 6) is -0.410. The molecule has 1 rings (SSSR count). The van der Waals surface area contributed by atoms with Gasteiger partial charge >= 0.3 is 5.97 Å². The maximum absolute atomic E-state index is 12.7. The van der Waals surface area contributed by atoms with Crippen LogP contribution in [0.15, 0.2) is 17.0 Å². The molecule has 6 heteroatoms. The summed E-state index contributed by atoms with van der Waals surface area (Å²) < 4.78 is 32.6. The molecule has 0 bridgehead atoms. The van der Waals surface area contributed by atoms with Crippen LogP contribution in [-0.2, 0) is 19.6 Å². The quantitative estimate of drug-likeness (QED) is 0.815. The van der Waals surface area contributed by atoms with Crippen LogP contribution in [0.2, 0.25) is 0 Å². The molecule has 1 aromatic rings. The van der Waals surface area contributed by atoms with Crippen molar-refractivity contribution in [3.8, 4) is 0 Å². The zero-order valence-electron chi connectivity index (χ0n) is 14.1. The second-order valence-electron chi connectivity index (χ2n) is 6.05. The number of benzene rings is 1. The van der Waals surface area contributed by atoms with Gasteiger partial charge in [0, 0.05) is 0 Å². The molecule has 0 radical (unpaired) electrons. The Morgan fingerprint density at radius 1 is 1.18 bits per heavy atom. The number of nitrogens with one attached hydrogen (secondary N) is 1. The van der Waals surface area contributed by atoms with Crippen molar-refractivity contribution in [2.24, 2.45) is 5.92 Å². The van der Waals surface area contributed by atoms with Crippen LogP contribution in [-0.4, -0.2) is 27.5 Å². The first-order valence-electron chi connectivity index (χ1n) is 7.26. The van der Waals surface area contributed by atoms with Crippen molar-refractivity contribution in [2.75, 3.05) is 7.11 Å². The summed E-state index contributed by atoms with van der Waals surface area (Å²) in [6.07, 6.45) is 0.385. The number of carbonyl (C=O) groups excluding carboxylic acids is 1. The van der Waals surface area contributed by atoms with Crippen molar-refractivity contribution in [1.82, 2.24) is 4.72 Å². The predicted molar refractivity (Wildman–Crippen MR) is 86.2 cm³/mol. The van der Waals surface area contributed by atoms with Crippen molar-refractivity contribution >= 4 is 16.0 Å². The number of carbonyl (C=O) groups is 1. The highest BCUT2D eigenvalue weighted by atomic mass is 32.2.